The van der Waals surface area contributed by atoms with E-state index in [1.165, 1.54) is 64.2 Å². The van der Waals surface area contributed by atoms with Crippen LogP contribution >= 0.6 is 7.49 Å². The van der Waals surface area contributed by atoms with E-state index in [9.17, 15) is 4.89 Å². The van der Waals surface area contributed by atoms with E-state index in [1.54, 1.807) is 0 Å². The second-order valence-corrected chi connectivity index (χ2v) is 9.33. The minimum Gasteiger partial charge on any atom is -0.251 e. The van der Waals surface area contributed by atoms with Crippen molar-refractivity contribution >= 4 is 7.49 Å². The quantitative estimate of drug-likeness (QED) is 0.703. The van der Waals surface area contributed by atoms with Gasteiger partial charge >= 0.3 is 0 Å². The van der Waals surface area contributed by atoms with Crippen LogP contribution in [0.25, 0.3) is 0 Å². The molecule has 0 aliphatic heterocycles. The fourth-order valence-electron chi connectivity index (χ4n) is 3.51. The zero-order valence-corrected chi connectivity index (χ0v) is 11.0. The summed E-state index contributed by atoms with van der Waals surface area (Å²) in [5, 5.41) is 0. The molecule has 0 bridgehead atoms. The van der Waals surface area contributed by atoms with Gasteiger partial charge in [-0.1, -0.05) is 12.8 Å². The summed E-state index contributed by atoms with van der Waals surface area (Å²) in [7, 11) is -1.59. The van der Waals surface area contributed by atoms with E-state index in [1.807, 2.05) is 0 Å². The molecule has 2 rings (SSSR count). The van der Waals surface area contributed by atoms with Gasteiger partial charge in [0.25, 0.3) is 0 Å². The third-order valence-corrected chi connectivity index (χ3v) is 8.62. The van der Waals surface area contributed by atoms with Crippen molar-refractivity contribution in [2.45, 2.75) is 75.5 Å². The second kappa shape index (κ2) is 5.15. The molecule has 2 aliphatic carbocycles. The average Bonchev–Trinajstić information content (AvgIpc) is 2.31. The molecule has 0 atom stereocenters. The molecule has 1 nitrogen and oxygen atoms in total. The third kappa shape index (κ3) is 2.74. The highest BCUT2D eigenvalue weighted by Gasteiger charge is 2.47. The van der Waals surface area contributed by atoms with Gasteiger partial charge in [0.1, 0.15) is 7.49 Å². The molecular weight excluding hydrogens is 203 g/mol. The van der Waals surface area contributed by atoms with Crippen LogP contribution in [0.4, 0.5) is 0 Å². The lowest BCUT2D eigenvalue weighted by atomic mass is 9.99. The van der Waals surface area contributed by atoms with Crippen molar-refractivity contribution in [1.29, 1.82) is 0 Å². The normalized spacial score (nSPS) is 26.8. The zero-order valence-electron chi connectivity index (χ0n) is 10.1. The van der Waals surface area contributed by atoms with Crippen molar-refractivity contribution in [1.82, 2.24) is 0 Å². The smallest absolute Gasteiger partial charge is 0.145 e. The van der Waals surface area contributed by atoms with Crippen LogP contribution in [-0.4, -0.2) is 22.9 Å². The van der Waals surface area contributed by atoms with E-state index in [4.69, 9.17) is 0 Å². The Labute approximate surface area is 95.1 Å². The van der Waals surface area contributed by atoms with Crippen LogP contribution in [0.1, 0.15) is 64.2 Å². The standard InChI is InChI=1S/C13H26OP/c1-15(14,12-8-4-2-5-9-12)13-10-6-3-7-11-13/h12-14H,2-11H2,1H3/q+1. The Bertz CT molecular complexity index is 171. The largest absolute Gasteiger partial charge is 0.251 e. The fraction of sp³-hybridized carbons (Fsp3) is 1.00. The van der Waals surface area contributed by atoms with Crippen LogP contribution in [-0.2, 0) is 0 Å². The van der Waals surface area contributed by atoms with Crippen molar-refractivity contribution in [2.24, 2.45) is 0 Å². The first-order chi connectivity index (χ1) is 7.21. The van der Waals surface area contributed by atoms with Gasteiger partial charge in [-0.15, -0.1) is 0 Å². The predicted molar refractivity (Wildman–Crippen MR) is 68.8 cm³/mol. The summed E-state index contributed by atoms with van der Waals surface area (Å²) < 4.78 is 0. The fourth-order valence-corrected chi connectivity index (χ4v) is 6.92. The van der Waals surface area contributed by atoms with E-state index < -0.39 is 7.49 Å². The van der Waals surface area contributed by atoms with Gasteiger partial charge < -0.3 is 0 Å². The van der Waals surface area contributed by atoms with Crippen LogP contribution < -0.4 is 0 Å². The second-order valence-electron chi connectivity index (χ2n) is 5.68. The first-order valence-corrected chi connectivity index (χ1v) is 9.12. The van der Waals surface area contributed by atoms with Gasteiger partial charge in [0.15, 0.2) is 0 Å². The Morgan fingerprint density at radius 1 is 0.733 bits per heavy atom. The monoisotopic (exact) mass is 229 g/mol. The molecule has 0 heterocycles. The van der Waals surface area contributed by atoms with Gasteiger partial charge in [0.2, 0.25) is 0 Å². The minimum absolute atomic E-state index is 0.703. The van der Waals surface area contributed by atoms with Crippen LogP contribution in [0.5, 0.6) is 0 Å². The van der Waals surface area contributed by atoms with Gasteiger partial charge in [-0.3, -0.25) is 4.89 Å². The first-order valence-electron chi connectivity index (χ1n) is 6.80. The lowest BCUT2D eigenvalue weighted by Crippen LogP contribution is -2.26. The molecule has 0 spiro atoms. The first kappa shape index (κ1) is 11.9. The van der Waals surface area contributed by atoms with E-state index in [0.717, 1.165) is 0 Å². The maximum Gasteiger partial charge on any atom is 0.145 e. The maximum atomic E-state index is 10.9. The summed E-state index contributed by atoms with van der Waals surface area (Å²) in [6, 6.07) is 0. The summed E-state index contributed by atoms with van der Waals surface area (Å²) in [6.45, 7) is 2.24. The Kier molecular flexibility index (Phi) is 4.07. The zero-order chi connectivity index (χ0) is 10.7. The van der Waals surface area contributed by atoms with Crippen molar-refractivity contribution in [3.63, 3.8) is 0 Å². The van der Waals surface area contributed by atoms with Crippen LogP contribution in [0.15, 0.2) is 0 Å². The van der Waals surface area contributed by atoms with Crippen LogP contribution in [0.3, 0.4) is 0 Å². The highest BCUT2D eigenvalue weighted by atomic mass is 31.2. The van der Waals surface area contributed by atoms with E-state index in [0.29, 0.717) is 11.3 Å². The highest BCUT2D eigenvalue weighted by molar-refractivity contribution is 7.71. The van der Waals surface area contributed by atoms with Gasteiger partial charge in [-0.25, -0.2) is 0 Å². The van der Waals surface area contributed by atoms with Gasteiger partial charge in [-0.05, 0) is 51.4 Å². The predicted octanol–water partition coefficient (Wildman–Crippen LogP) is 4.21. The third-order valence-electron chi connectivity index (χ3n) is 4.63. The molecule has 1 N–H and O–H groups in total. The lowest BCUT2D eigenvalue weighted by molar-refractivity contribution is 0.436. The number of hydrogen-bond acceptors (Lipinski definition) is 1. The molecule has 0 aromatic carbocycles. The molecule has 2 heteroatoms. The van der Waals surface area contributed by atoms with E-state index in [2.05, 4.69) is 6.66 Å². The highest BCUT2D eigenvalue weighted by Crippen LogP contribution is 2.66. The van der Waals surface area contributed by atoms with Gasteiger partial charge in [0.05, 0.1) is 18.0 Å². The molecular formula is C13H26OP+. The van der Waals surface area contributed by atoms with Crippen LogP contribution in [0.2, 0.25) is 0 Å². The molecule has 0 aromatic heterocycles. The summed E-state index contributed by atoms with van der Waals surface area (Å²) >= 11 is 0. The summed E-state index contributed by atoms with van der Waals surface area (Å²) in [6.07, 6.45) is 13.5. The van der Waals surface area contributed by atoms with Crippen molar-refractivity contribution in [2.75, 3.05) is 6.66 Å². The topological polar surface area (TPSA) is 20.2 Å². The Morgan fingerprint density at radius 3 is 1.40 bits per heavy atom. The SMILES string of the molecule is C[P+](O)(C1CCCCC1)C1CCCCC1. The van der Waals surface area contributed by atoms with Crippen molar-refractivity contribution < 1.29 is 4.89 Å². The van der Waals surface area contributed by atoms with Gasteiger partial charge in [-0.2, -0.15) is 0 Å². The molecule has 2 saturated carbocycles. The lowest BCUT2D eigenvalue weighted by Gasteiger charge is -2.36. The Morgan fingerprint density at radius 2 is 1.07 bits per heavy atom. The molecule has 0 radical (unpaired) electrons. The Hall–Kier alpha value is 0.390. The number of hydrogen-bond donors (Lipinski definition) is 1. The average molecular weight is 229 g/mol. The maximum absolute atomic E-state index is 10.9. The summed E-state index contributed by atoms with van der Waals surface area (Å²) in [5.41, 5.74) is 1.41. The van der Waals surface area contributed by atoms with Crippen LogP contribution in [0, 0.1) is 0 Å². The van der Waals surface area contributed by atoms with E-state index in [-0.39, 0.29) is 0 Å². The molecule has 0 amide bonds. The van der Waals surface area contributed by atoms with Gasteiger partial charge in [0, 0.05) is 0 Å². The summed E-state index contributed by atoms with van der Waals surface area (Å²) in [5.74, 6) is 0. The molecule has 0 unspecified atom stereocenters. The number of rotatable bonds is 2. The molecule has 0 aromatic rings. The molecule has 88 valence electrons. The molecule has 15 heavy (non-hydrogen) atoms. The molecule has 2 fully saturated rings. The van der Waals surface area contributed by atoms with E-state index >= 15 is 0 Å². The molecule has 2 aliphatic rings. The van der Waals surface area contributed by atoms with Crippen molar-refractivity contribution in [3.8, 4) is 0 Å². The Balaban J connectivity index is 1.96. The van der Waals surface area contributed by atoms with Crippen molar-refractivity contribution in [3.05, 3.63) is 0 Å². The summed E-state index contributed by atoms with van der Waals surface area (Å²) in [4.78, 5) is 10.9. The minimum atomic E-state index is -1.59. The molecule has 0 saturated heterocycles.